The number of benzene rings is 2. The Balaban J connectivity index is 0.000000181. The first-order valence-electron chi connectivity index (χ1n) is 10.6. The van der Waals surface area contributed by atoms with Gasteiger partial charge in [0, 0.05) is 5.88 Å². The average Bonchev–Trinajstić information content (AvgIpc) is 2.65. The fourth-order valence-corrected chi connectivity index (χ4v) is 4.20. The number of halogens is 7. The highest BCUT2D eigenvalue weighted by molar-refractivity contribution is 6.17. The number of hydrogen-bond acceptors (Lipinski definition) is 1. The number of rotatable bonds is 4. The van der Waals surface area contributed by atoms with E-state index in [9.17, 15) is 26.3 Å². The van der Waals surface area contributed by atoms with Crippen LogP contribution in [-0.4, -0.2) is 5.11 Å². The summed E-state index contributed by atoms with van der Waals surface area (Å²) in [6, 6.07) is 8.61. The van der Waals surface area contributed by atoms with Crippen molar-refractivity contribution in [1.82, 2.24) is 0 Å². The lowest BCUT2D eigenvalue weighted by atomic mass is 9.78. The predicted molar refractivity (Wildman–Crippen MR) is 112 cm³/mol. The SMILES string of the molecule is FC(F)(F)c1cc(CCl)ccc1C1CCC1.OCc1ccc(C2CCC2)c(C(F)(F)F)c1. The lowest BCUT2D eigenvalue weighted by Gasteiger charge is -2.28. The van der Waals surface area contributed by atoms with Crippen LogP contribution in [0.25, 0.3) is 0 Å². The first kappa shape index (κ1) is 24.9. The van der Waals surface area contributed by atoms with Crippen molar-refractivity contribution in [2.75, 3.05) is 0 Å². The molecule has 0 atom stereocenters. The van der Waals surface area contributed by atoms with E-state index in [1.54, 1.807) is 18.2 Å². The quantitative estimate of drug-likeness (QED) is 0.347. The highest BCUT2D eigenvalue weighted by Crippen LogP contribution is 2.44. The van der Waals surface area contributed by atoms with Crippen LogP contribution < -0.4 is 0 Å². The molecule has 0 saturated heterocycles. The summed E-state index contributed by atoms with van der Waals surface area (Å²) in [6.45, 7) is -0.353. The largest absolute Gasteiger partial charge is 0.416 e. The minimum atomic E-state index is -4.32. The highest BCUT2D eigenvalue weighted by atomic mass is 35.5. The van der Waals surface area contributed by atoms with Gasteiger partial charge in [0.05, 0.1) is 17.7 Å². The molecule has 4 rings (SSSR count). The van der Waals surface area contributed by atoms with Gasteiger partial charge in [-0.1, -0.05) is 37.1 Å². The van der Waals surface area contributed by atoms with Gasteiger partial charge in [-0.2, -0.15) is 26.3 Å². The van der Waals surface area contributed by atoms with Crippen LogP contribution in [0.5, 0.6) is 0 Å². The molecule has 2 saturated carbocycles. The van der Waals surface area contributed by atoms with Crippen LogP contribution in [0.15, 0.2) is 36.4 Å². The van der Waals surface area contributed by atoms with Gasteiger partial charge in [-0.3, -0.25) is 0 Å². The van der Waals surface area contributed by atoms with Crippen molar-refractivity contribution < 1.29 is 31.4 Å². The first-order chi connectivity index (χ1) is 15.0. The molecule has 0 unspecified atom stereocenters. The molecule has 1 N–H and O–H groups in total. The van der Waals surface area contributed by atoms with Gasteiger partial charge in [-0.25, -0.2) is 0 Å². The Morgan fingerprint density at radius 3 is 1.44 bits per heavy atom. The summed E-state index contributed by atoms with van der Waals surface area (Å²) < 4.78 is 76.9. The maximum absolute atomic E-state index is 12.8. The third-order valence-corrected chi connectivity index (χ3v) is 6.58. The van der Waals surface area contributed by atoms with E-state index in [1.165, 1.54) is 12.1 Å². The van der Waals surface area contributed by atoms with Crippen molar-refractivity contribution in [3.63, 3.8) is 0 Å². The zero-order valence-corrected chi connectivity index (χ0v) is 18.1. The number of aliphatic hydroxyl groups is 1. The van der Waals surface area contributed by atoms with E-state index < -0.39 is 23.5 Å². The smallest absolute Gasteiger partial charge is 0.392 e. The van der Waals surface area contributed by atoms with Gasteiger partial charge >= 0.3 is 12.4 Å². The van der Waals surface area contributed by atoms with E-state index in [0.29, 0.717) is 22.3 Å². The lowest BCUT2D eigenvalue weighted by molar-refractivity contribution is -0.139. The van der Waals surface area contributed by atoms with E-state index in [2.05, 4.69) is 0 Å². The minimum absolute atomic E-state index is 0.0457. The molecule has 2 aliphatic carbocycles. The molecule has 0 radical (unpaired) electrons. The Kier molecular flexibility index (Phi) is 7.81. The van der Waals surface area contributed by atoms with E-state index in [1.807, 2.05) is 0 Å². The summed E-state index contributed by atoms with van der Waals surface area (Å²) in [7, 11) is 0. The van der Waals surface area contributed by atoms with Crippen LogP contribution in [0.3, 0.4) is 0 Å². The van der Waals surface area contributed by atoms with Gasteiger partial charge in [-0.05, 0) is 71.9 Å². The highest BCUT2D eigenvalue weighted by Gasteiger charge is 2.37. The van der Waals surface area contributed by atoms with Gasteiger partial charge in [0.2, 0.25) is 0 Å². The third kappa shape index (κ3) is 5.79. The number of aliphatic hydroxyl groups excluding tert-OH is 1. The zero-order valence-electron chi connectivity index (χ0n) is 17.4. The standard InChI is InChI=1S/C12H12ClF3.C12H13F3O/c13-7-8-4-5-10(9-2-1-3-9)11(6-8)12(14,15)16;13-12(14,15)11-6-8(7-16)4-5-10(11)9-2-1-3-9/h4-6,9H,1-3,7H2;4-6,9,16H,1-3,7H2. The average molecular weight is 479 g/mol. The summed E-state index contributed by atoms with van der Waals surface area (Å²) in [4.78, 5) is 0. The maximum Gasteiger partial charge on any atom is 0.416 e. The molecule has 32 heavy (non-hydrogen) atoms. The lowest BCUT2D eigenvalue weighted by Crippen LogP contribution is -2.17. The Hall–Kier alpha value is -1.73. The molecule has 2 aromatic rings. The maximum atomic E-state index is 12.8. The van der Waals surface area contributed by atoms with Crippen molar-refractivity contribution in [3.05, 3.63) is 69.8 Å². The van der Waals surface area contributed by atoms with Crippen molar-refractivity contribution in [2.24, 2.45) is 0 Å². The Bertz CT molecular complexity index is 838. The van der Waals surface area contributed by atoms with Crippen molar-refractivity contribution >= 4 is 11.6 Å². The molecular formula is C24H25ClF6O. The molecule has 2 fully saturated rings. The minimum Gasteiger partial charge on any atom is -0.392 e. The molecule has 0 aliphatic heterocycles. The molecular weight excluding hydrogens is 454 g/mol. The topological polar surface area (TPSA) is 20.2 Å². The molecule has 1 nitrogen and oxygen atoms in total. The molecule has 8 heteroatoms. The predicted octanol–water partition coefficient (Wildman–Crippen LogP) is 8.18. The summed E-state index contributed by atoms with van der Waals surface area (Å²) in [5.41, 5.74) is 0.579. The molecule has 0 amide bonds. The van der Waals surface area contributed by atoms with Crippen LogP contribution in [0.2, 0.25) is 0 Å². The molecule has 0 aromatic heterocycles. The van der Waals surface area contributed by atoms with Crippen LogP contribution >= 0.6 is 11.6 Å². The fraction of sp³-hybridized carbons (Fsp3) is 0.500. The summed E-state index contributed by atoms with van der Waals surface area (Å²) in [5, 5.41) is 8.86. The monoisotopic (exact) mass is 478 g/mol. The van der Waals surface area contributed by atoms with Gasteiger partial charge in [0.15, 0.2) is 0 Å². The second-order valence-corrected chi connectivity index (χ2v) is 8.65. The fourth-order valence-electron chi connectivity index (χ4n) is 4.03. The summed E-state index contributed by atoms with van der Waals surface area (Å²) in [5.74, 6) is 0.249. The van der Waals surface area contributed by atoms with E-state index >= 15 is 0 Å². The third-order valence-electron chi connectivity index (χ3n) is 6.27. The van der Waals surface area contributed by atoms with Gasteiger partial charge in [0.25, 0.3) is 0 Å². The molecule has 2 aliphatic rings. The van der Waals surface area contributed by atoms with Crippen LogP contribution in [0.4, 0.5) is 26.3 Å². The Labute approximate surface area is 188 Å². The molecule has 0 spiro atoms. The summed E-state index contributed by atoms with van der Waals surface area (Å²) in [6.07, 6.45) is -3.16. The normalized spacial score (nSPS) is 17.2. The van der Waals surface area contributed by atoms with E-state index in [4.69, 9.17) is 16.7 Å². The Morgan fingerprint density at radius 1 is 0.719 bits per heavy atom. The Morgan fingerprint density at radius 2 is 1.12 bits per heavy atom. The van der Waals surface area contributed by atoms with Crippen molar-refractivity contribution in [3.8, 4) is 0 Å². The number of alkyl halides is 7. The van der Waals surface area contributed by atoms with Crippen LogP contribution in [0.1, 0.15) is 83.7 Å². The molecule has 0 bridgehead atoms. The van der Waals surface area contributed by atoms with Gasteiger partial charge in [-0.15, -0.1) is 11.6 Å². The van der Waals surface area contributed by atoms with E-state index in [-0.39, 0.29) is 24.3 Å². The summed E-state index contributed by atoms with van der Waals surface area (Å²) >= 11 is 5.56. The first-order valence-corrected chi connectivity index (χ1v) is 11.1. The van der Waals surface area contributed by atoms with Gasteiger partial charge in [0.1, 0.15) is 0 Å². The van der Waals surface area contributed by atoms with Gasteiger partial charge < -0.3 is 5.11 Å². The van der Waals surface area contributed by atoms with Crippen molar-refractivity contribution in [2.45, 2.75) is 75.2 Å². The van der Waals surface area contributed by atoms with Crippen LogP contribution in [0, 0.1) is 0 Å². The molecule has 0 heterocycles. The number of hydrogen-bond donors (Lipinski definition) is 1. The van der Waals surface area contributed by atoms with Crippen LogP contribution in [-0.2, 0) is 24.8 Å². The second-order valence-electron chi connectivity index (χ2n) is 8.39. The zero-order chi connectivity index (χ0) is 23.5. The second kappa shape index (κ2) is 10.0. The van der Waals surface area contributed by atoms with Crippen molar-refractivity contribution in [1.29, 1.82) is 0 Å². The van der Waals surface area contributed by atoms with E-state index in [0.717, 1.165) is 44.6 Å². The molecule has 176 valence electrons. The molecule has 2 aromatic carbocycles.